The normalized spacial score (nSPS) is 15.7. The summed E-state index contributed by atoms with van der Waals surface area (Å²) >= 11 is 0. The maximum atomic E-state index is 12.5. The van der Waals surface area contributed by atoms with E-state index in [0.717, 1.165) is 10.4 Å². The maximum absolute atomic E-state index is 12.5. The molecule has 10 heteroatoms. The topological polar surface area (TPSA) is 133 Å². The van der Waals surface area contributed by atoms with E-state index in [-0.39, 0.29) is 30.1 Å². The number of piperazine rings is 1. The number of nitrogens with one attached hydrogen (secondary N) is 2. The van der Waals surface area contributed by atoms with Gasteiger partial charge in [-0.15, -0.1) is 0 Å². The third-order valence-electron chi connectivity index (χ3n) is 3.14. The molecule has 3 N–H and O–H groups in total. The minimum absolute atomic E-state index is 0.0220. The van der Waals surface area contributed by atoms with Crippen LogP contribution in [0.3, 0.4) is 0 Å². The molecular formula is C13H15N3O6S. The molecule has 0 aromatic heterocycles. The number of benzene rings is 1. The van der Waals surface area contributed by atoms with Crippen LogP contribution in [0.2, 0.25) is 0 Å². The molecule has 0 saturated carbocycles. The van der Waals surface area contributed by atoms with E-state index in [1.54, 1.807) is 0 Å². The number of carbonyl (C=O) groups excluding carboxylic acids is 2. The molecule has 0 radical (unpaired) electrons. The highest BCUT2D eigenvalue weighted by atomic mass is 32.2. The van der Waals surface area contributed by atoms with Gasteiger partial charge in [0.05, 0.1) is 11.4 Å². The zero-order chi connectivity index (χ0) is 17.0. The number of carboxylic acid groups (broad SMARTS) is 1. The van der Waals surface area contributed by atoms with Crippen LogP contribution in [0.15, 0.2) is 29.2 Å². The lowest BCUT2D eigenvalue weighted by atomic mass is 10.2. The van der Waals surface area contributed by atoms with E-state index in [2.05, 4.69) is 10.6 Å². The Morgan fingerprint density at radius 3 is 2.74 bits per heavy atom. The molecule has 0 atom stereocenters. The van der Waals surface area contributed by atoms with Gasteiger partial charge in [0.2, 0.25) is 15.9 Å². The lowest BCUT2D eigenvalue weighted by Crippen LogP contribution is -2.49. The van der Waals surface area contributed by atoms with E-state index >= 15 is 0 Å². The molecule has 2 rings (SSSR count). The standard InChI is InChI=1S/C13H15N3O6S/c17-11-8-16(5-4-14-11)23(21,22)10-3-1-2-9(6-10)13(20)15-7-12(18)19/h1-3,6H,4-5,7-8H2,(H,14,17)(H,15,20)(H,18,19). The molecule has 1 saturated heterocycles. The summed E-state index contributed by atoms with van der Waals surface area (Å²) in [6.07, 6.45) is 0. The Balaban J connectivity index is 2.22. The number of sulfonamides is 1. The fourth-order valence-electron chi connectivity index (χ4n) is 2.03. The number of carbonyl (C=O) groups is 3. The van der Waals surface area contributed by atoms with Crippen molar-refractivity contribution in [1.82, 2.24) is 14.9 Å². The van der Waals surface area contributed by atoms with Gasteiger partial charge in [-0.05, 0) is 18.2 Å². The Labute approximate surface area is 132 Å². The van der Waals surface area contributed by atoms with Gasteiger partial charge in [0, 0.05) is 18.7 Å². The largest absolute Gasteiger partial charge is 0.480 e. The van der Waals surface area contributed by atoms with Crippen LogP contribution in [0.1, 0.15) is 10.4 Å². The van der Waals surface area contributed by atoms with Crippen molar-refractivity contribution in [3.8, 4) is 0 Å². The Morgan fingerprint density at radius 1 is 1.35 bits per heavy atom. The summed E-state index contributed by atoms with van der Waals surface area (Å²) in [4.78, 5) is 33.5. The summed E-state index contributed by atoms with van der Waals surface area (Å²) in [5.41, 5.74) is 0.0220. The number of hydrogen-bond acceptors (Lipinski definition) is 5. The second kappa shape index (κ2) is 6.75. The van der Waals surface area contributed by atoms with Gasteiger partial charge in [0.1, 0.15) is 6.54 Å². The van der Waals surface area contributed by atoms with Crippen LogP contribution in [-0.2, 0) is 19.6 Å². The molecule has 124 valence electrons. The van der Waals surface area contributed by atoms with Crippen molar-refractivity contribution in [1.29, 1.82) is 0 Å². The zero-order valence-electron chi connectivity index (χ0n) is 12.0. The Bertz CT molecular complexity index is 746. The maximum Gasteiger partial charge on any atom is 0.322 e. The molecule has 23 heavy (non-hydrogen) atoms. The predicted molar refractivity (Wildman–Crippen MR) is 78.2 cm³/mol. The number of carboxylic acids is 1. The zero-order valence-corrected chi connectivity index (χ0v) is 12.8. The van der Waals surface area contributed by atoms with Gasteiger partial charge in [-0.1, -0.05) is 6.07 Å². The van der Waals surface area contributed by atoms with Crippen molar-refractivity contribution in [2.75, 3.05) is 26.2 Å². The lowest BCUT2D eigenvalue weighted by molar-refractivity contribution is -0.135. The van der Waals surface area contributed by atoms with E-state index in [0.29, 0.717) is 0 Å². The first-order valence-electron chi connectivity index (χ1n) is 6.67. The fraction of sp³-hybridized carbons (Fsp3) is 0.308. The third kappa shape index (κ3) is 4.05. The van der Waals surface area contributed by atoms with Crippen molar-refractivity contribution in [2.45, 2.75) is 4.90 Å². The van der Waals surface area contributed by atoms with Gasteiger partial charge in [-0.25, -0.2) is 8.42 Å². The molecule has 2 amide bonds. The van der Waals surface area contributed by atoms with Crippen LogP contribution in [-0.4, -0.2) is 61.8 Å². The highest BCUT2D eigenvalue weighted by Crippen LogP contribution is 2.17. The quantitative estimate of drug-likeness (QED) is 0.605. The van der Waals surface area contributed by atoms with Crippen molar-refractivity contribution in [3.63, 3.8) is 0 Å². The monoisotopic (exact) mass is 341 g/mol. The van der Waals surface area contributed by atoms with Crippen molar-refractivity contribution >= 4 is 27.8 Å². The number of aliphatic carboxylic acids is 1. The molecule has 1 aromatic rings. The molecule has 9 nitrogen and oxygen atoms in total. The molecule has 1 fully saturated rings. The minimum Gasteiger partial charge on any atom is -0.480 e. The molecule has 1 aliphatic heterocycles. The summed E-state index contributed by atoms with van der Waals surface area (Å²) in [6, 6.07) is 5.22. The van der Waals surface area contributed by atoms with Crippen LogP contribution in [0, 0.1) is 0 Å². The Hall–Kier alpha value is -2.46. The van der Waals surface area contributed by atoms with E-state index in [1.807, 2.05) is 0 Å². The van der Waals surface area contributed by atoms with E-state index in [9.17, 15) is 22.8 Å². The minimum atomic E-state index is -3.91. The Morgan fingerprint density at radius 2 is 2.09 bits per heavy atom. The smallest absolute Gasteiger partial charge is 0.322 e. The summed E-state index contributed by atoms with van der Waals surface area (Å²) < 4.78 is 26.0. The van der Waals surface area contributed by atoms with E-state index < -0.39 is 34.4 Å². The van der Waals surface area contributed by atoms with Crippen LogP contribution in [0.5, 0.6) is 0 Å². The van der Waals surface area contributed by atoms with Gasteiger partial charge < -0.3 is 15.7 Å². The molecule has 1 heterocycles. The fourth-order valence-corrected chi connectivity index (χ4v) is 3.47. The third-order valence-corrected chi connectivity index (χ3v) is 4.98. The first kappa shape index (κ1) is 16.9. The van der Waals surface area contributed by atoms with E-state index in [4.69, 9.17) is 5.11 Å². The first-order chi connectivity index (χ1) is 10.8. The molecule has 1 aliphatic rings. The predicted octanol–water partition coefficient (Wildman–Crippen LogP) is -1.38. The van der Waals surface area contributed by atoms with Gasteiger partial charge in [0.15, 0.2) is 0 Å². The molecule has 0 aliphatic carbocycles. The highest BCUT2D eigenvalue weighted by molar-refractivity contribution is 7.89. The summed E-state index contributed by atoms with van der Waals surface area (Å²) in [5, 5.41) is 13.2. The van der Waals surface area contributed by atoms with Crippen LogP contribution >= 0.6 is 0 Å². The number of rotatable bonds is 5. The van der Waals surface area contributed by atoms with Gasteiger partial charge in [-0.3, -0.25) is 14.4 Å². The average molecular weight is 341 g/mol. The second-order valence-electron chi connectivity index (χ2n) is 4.79. The summed E-state index contributed by atoms with van der Waals surface area (Å²) in [6.45, 7) is -0.486. The first-order valence-corrected chi connectivity index (χ1v) is 8.11. The number of amides is 2. The van der Waals surface area contributed by atoms with Crippen LogP contribution in [0.25, 0.3) is 0 Å². The van der Waals surface area contributed by atoms with Crippen molar-refractivity contribution < 1.29 is 27.9 Å². The van der Waals surface area contributed by atoms with E-state index in [1.165, 1.54) is 18.2 Å². The highest BCUT2D eigenvalue weighted by Gasteiger charge is 2.29. The summed E-state index contributed by atoms with van der Waals surface area (Å²) in [5.74, 6) is -2.29. The van der Waals surface area contributed by atoms with Crippen LogP contribution < -0.4 is 10.6 Å². The SMILES string of the molecule is O=C(O)CNC(=O)c1cccc(S(=O)(=O)N2CCNC(=O)C2)c1. The molecular weight excluding hydrogens is 326 g/mol. The van der Waals surface area contributed by atoms with Crippen LogP contribution in [0.4, 0.5) is 0 Å². The van der Waals surface area contributed by atoms with Crippen molar-refractivity contribution in [3.05, 3.63) is 29.8 Å². The molecule has 0 bridgehead atoms. The average Bonchev–Trinajstić information content (AvgIpc) is 2.52. The van der Waals surface area contributed by atoms with Crippen molar-refractivity contribution in [2.24, 2.45) is 0 Å². The number of hydrogen-bond donors (Lipinski definition) is 3. The van der Waals surface area contributed by atoms with Gasteiger partial charge in [0.25, 0.3) is 5.91 Å². The lowest BCUT2D eigenvalue weighted by Gasteiger charge is -2.26. The summed E-state index contributed by atoms with van der Waals surface area (Å²) in [7, 11) is -3.91. The van der Waals surface area contributed by atoms with Gasteiger partial charge >= 0.3 is 5.97 Å². The van der Waals surface area contributed by atoms with Gasteiger partial charge in [-0.2, -0.15) is 4.31 Å². The molecule has 0 spiro atoms. The second-order valence-corrected chi connectivity index (χ2v) is 6.73. The number of nitrogens with zero attached hydrogens (tertiary/aromatic N) is 1. The Kier molecular flexibility index (Phi) is 4.96. The molecule has 1 aromatic carbocycles. The molecule has 0 unspecified atom stereocenters.